The first-order valence-corrected chi connectivity index (χ1v) is 3.03. The van der Waals surface area contributed by atoms with Gasteiger partial charge in [0.1, 0.15) is 0 Å². The van der Waals surface area contributed by atoms with Crippen LogP contribution in [0.25, 0.3) is 0 Å². The molecule has 0 N–H and O–H groups in total. The molecular weight excluding hydrogens is 183 g/mol. The Hall–Kier alpha value is -2.05. The van der Waals surface area contributed by atoms with Crippen molar-refractivity contribution >= 4 is 11.4 Å². The molecule has 0 aromatic heterocycles. The summed E-state index contributed by atoms with van der Waals surface area (Å²) in [5.41, 5.74) is -1.94. The number of hydrogen-bond acceptors (Lipinski definition) is 4. The van der Waals surface area contributed by atoms with Gasteiger partial charge in [0.15, 0.2) is 0 Å². The lowest BCUT2D eigenvalue weighted by Gasteiger charge is -1.93. The molecular formula is C6H2FN2O4. The van der Waals surface area contributed by atoms with Gasteiger partial charge < -0.3 is 0 Å². The van der Waals surface area contributed by atoms with Crippen molar-refractivity contribution in [3.05, 3.63) is 44.2 Å². The van der Waals surface area contributed by atoms with Crippen LogP contribution in [0.2, 0.25) is 0 Å². The van der Waals surface area contributed by atoms with Gasteiger partial charge in [0, 0.05) is 6.07 Å². The molecule has 1 aromatic carbocycles. The van der Waals surface area contributed by atoms with Crippen LogP contribution in [0.1, 0.15) is 0 Å². The van der Waals surface area contributed by atoms with Crippen molar-refractivity contribution in [1.29, 1.82) is 0 Å². The van der Waals surface area contributed by atoms with E-state index in [-0.39, 0.29) is 0 Å². The van der Waals surface area contributed by atoms with E-state index in [0.717, 1.165) is 12.1 Å². The Kier molecular flexibility index (Phi) is 2.18. The van der Waals surface area contributed by atoms with Crippen LogP contribution in [-0.2, 0) is 0 Å². The highest BCUT2D eigenvalue weighted by atomic mass is 19.1. The SMILES string of the molecule is O=[N+]([O-])c1[c]ccc([N+](=O)[O-])c1F. The van der Waals surface area contributed by atoms with E-state index in [1.54, 1.807) is 0 Å². The maximum atomic E-state index is 12.9. The molecule has 0 aliphatic carbocycles. The van der Waals surface area contributed by atoms with Crippen LogP contribution < -0.4 is 0 Å². The largest absolute Gasteiger partial charge is 0.320 e. The maximum Gasteiger partial charge on any atom is 0.320 e. The minimum atomic E-state index is -1.47. The normalized spacial score (nSPS) is 9.62. The van der Waals surface area contributed by atoms with E-state index in [2.05, 4.69) is 0 Å². The number of hydrogen-bond donors (Lipinski definition) is 0. The quantitative estimate of drug-likeness (QED) is 0.515. The van der Waals surface area contributed by atoms with Crippen LogP contribution in [0.4, 0.5) is 15.8 Å². The monoisotopic (exact) mass is 185 g/mol. The second-order valence-electron chi connectivity index (χ2n) is 2.04. The lowest BCUT2D eigenvalue weighted by molar-refractivity contribution is -0.399. The predicted molar refractivity (Wildman–Crippen MR) is 38.5 cm³/mol. The summed E-state index contributed by atoms with van der Waals surface area (Å²) in [6.07, 6.45) is 0. The zero-order valence-electron chi connectivity index (χ0n) is 6.06. The second kappa shape index (κ2) is 3.13. The summed E-state index contributed by atoms with van der Waals surface area (Å²) in [5.74, 6) is -1.47. The van der Waals surface area contributed by atoms with Gasteiger partial charge in [-0.1, -0.05) is 0 Å². The Morgan fingerprint density at radius 1 is 1.31 bits per heavy atom. The van der Waals surface area contributed by atoms with Crippen LogP contribution in [0.15, 0.2) is 12.1 Å². The first kappa shape index (κ1) is 9.04. The summed E-state index contributed by atoms with van der Waals surface area (Å²) in [6.45, 7) is 0. The minimum Gasteiger partial charge on any atom is -0.258 e. The number of nitro groups is 2. The number of nitro benzene ring substituents is 2. The van der Waals surface area contributed by atoms with Crippen LogP contribution >= 0.6 is 0 Å². The Morgan fingerprint density at radius 3 is 2.38 bits per heavy atom. The molecule has 0 unspecified atom stereocenters. The maximum absolute atomic E-state index is 12.9. The third-order valence-corrected chi connectivity index (χ3v) is 1.27. The molecule has 67 valence electrons. The van der Waals surface area contributed by atoms with Gasteiger partial charge in [-0.05, 0) is 6.07 Å². The minimum absolute atomic E-state index is 0.808. The van der Waals surface area contributed by atoms with Gasteiger partial charge in [0.25, 0.3) is 5.82 Å². The van der Waals surface area contributed by atoms with E-state index in [9.17, 15) is 24.6 Å². The van der Waals surface area contributed by atoms with E-state index >= 15 is 0 Å². The summed E-state index contributed by atoms with van der Waals surface area (Å²) < 4.78 is 12.9. The molecule has 13 heavy (non-hydrogen) atoms. The van der Waals surface area contributed by atoms with E-state index in [1.165, 1.54) is 0 Å². The lowest BCUT2D eigenvalue weighted by Crippen LogP contribution is -1.97. The second-order valence-corrected chi connectivity index (χ2v) is 2.04. The third kappa shape index (κ3) is 1.58. The summed E-state index contributed by atoms with van der Waals surface area (Å²) in [6, 6.07) is 3.69. The number of rotatable bonds is 2. The molecule has 7 heteroatoms. The topological polar surface area (TPSA) is 86.3 Å². The van der Waals surface area contributed by atoms with Gasteiger partial charge in [-0.25, -0.2) is 0 Å². The number of nitrogens with zero attached hydrogens (tertiary/aromatic N) is 2. The van der Waals surface area contributed by atoms with Gasteiger partial charge in [0.2, 0.25) is 0 Å². The van der Waals surface area contributed by atoms with E-state index in [4.69, 9.17) is 0 Å². The van der Waals surface area contributed by atoms with Crippen molar-refractivity contribution in [2.75, 3.05) is 0 Å². The fraction of sp³-hybridized carbons (Fsp3) is 0. The Morgan fingerprint density at radius 2 is 1.92 bits per heavy atom. The zero-order chi connectivity index (χ0) is 10.0. The average molecular weight is 185 g/mol. The molecule has 0 fully saturated rings. The third-order valence-electron chi connectivity index (χ3n) is 1.27. The van der Waals surface area contributed by atoms with E-state index in [1.807, 2.05) is 6.07 Å². The van der Waals surface area contributed by atoms with Gasteiger partial charge in [-0.2, -0.15) is 4.39 Å². The molecule has 1 aromatic rings. The molecule has 1 radical (unpaired) electrons. The summed E-state index contributed by atoms with van der Waals surface area (Å²) in [4.78, 5) is 18.1. The first-order chi connectivity index (χ1) is 6.04. The summed E-state index contributed by atoms with van der Waals surface area (Å²) in [7, 11) is 0. The highest BCUT2D eigenvalue weighted by molar-refractivity contribution is 5.43. The summed E-state index contributed by atoms with van der Waals surface area (Å²) >= 11 is 0. The fourth-order valence-corrected chi connectivity index (χ4v) is 0.731. The van der Waals surface area contributed by atoms with E-state index < -0.39 is 27.0 Å². The molecule has 0 saturated carbocycles. The summed E-state index contributed by atoms with van der Waals surface area (Å²) in [5, 5.41) is 20.2. The molecule has 0 aliphatic rings. The van der Waals surface area contributed by atoms with Crippen LogP contribution in [0.5, 0.6) is 0 Å². The van der Waals surface area contributed by atoms with Crippen molar-refractivity contribution in [2.24, 2.45) is 0 Å². The van der Waals surface area contributed by atoms with Gasteiger partial charge >= 0.3 is 11.4 Å². The standard InChI is InChI=1S/C6H2FN2O4/c7-6-4(8(10)11)2-1-3-5(6)9(12)13/h1-2H. The molecule has 1 rings (SSSR count). The average Bonchev–Trinajstić information content (AvgIpc) is 2.03. The molecule has 0 spiro atoms. The van der Waals surface area contributed by atoms with E-state index in [0.29, 0.717) is 0 Å². The molecule has 0 heterocycles. The van der Waals surface area contributed by atoms with Crippen molar-refractivity contribution in [3.63, 3.8) is 0 Å². The van der Waals surface area contributed by atoms with Crippen molar-refractivity contribution in [2.45, 2.75) is 0 Å². The number of halogens is 1. The first-order valence-electron chi connectivity index (χ1n) is 3.03. The zero-order valence-corrected chi connectivity index (χ0v) is 6.06. The Balaban J connectivity index is 3.35. The smallest absolute Gasteiger partial charge is 0.258 e. The van der Waals surface area contributed by atoms with Crippen molar-refractivity contribution in [3.8, 4) is 0 Å². The highest BCUT2D eigenvalue weighted by Crippen LogP contribution is 2.24. The molecule has 0 aliphatic heterocycles. The van der Waals surface area contributed by atoms with Crippen molar-refractivity contribution in [1.82, 2.24) is 0 Å². The molecule has 0 atom stereocenters. The molecule has 0 amide bonds. The predicted octanol–water partition coefficient (Wildman–Crippen LogP) is 1.44. The number of benzene rings is 1. The highest BCUT2D eigenvalue weighted by Gasteiger charge is 2.24. The van der Waals surface area contributed by atoms with Crippen LogP contribution in [-0.4, -0.2) is 9.85 Å². The van der Waals surface area contributed by atoms with Gasteiger partial charge in [-0.15, -0.1) is 0 Å². The Labute approximate surface area is 70.9 Å². The van der Waals surface area contributed by atoms with Crippen LogP contribution in [0, 0.1) is 32.1 Å². The molecule has 0 bridgehead atoms. The van der Waals surface area contributed by atoms with Crippen molar-refractivity contribution < 1.29 is 14.2 Å². The Bertz CT molecular complexity index is 347. The van der Waals surface area contributed by atoms with Crippen LogP contribution in [0.3, 0.4) is 0 Å². The molecule has 0 saturated heterocycles. The van der Waals surface area contributed by atoms with Gasteiger partial charge in [-0.3, -0.25) is 20.2 Å². The molecule has 6 nitrogen and oxygen atoms in total. The van der Waals surface area contributed by atoms with Gasteiger partial charge in [0.05, 0.1) is 15.9 Å². The fourth-order valence-electron chi connectivity index (χ4n) is 0.731. The lowest BCUT2D eigenvalue weighted by atomic mass is 10.3.